The first-order valence-electron chi connectivity index (χ1n) is 10.5. The van der Waals surface area contributed by atoms with Gasteiger partial charge in [-0.2, -0.15) is 0 Å². The molecule has 3 heterocycles. The van der Waals surface area contributed by atoms with Crippen LogP contribution < -0.4 is 0 Å². The maximum absolute atomic E-state index is 10.7. The Hall–Kier alpha value is -0.600. The molecular weight excluding hydrogens is 456 g/mol. The second-order valence-electron chi connectivity index (χ2n) is 8.22. The van der Waals surface area contributed by atoms with E-state index in [9.17, 15) is 51.1 Å². The molecule has 5 unspecified atom stereocenters. The SMILES string of the molecule is OCC1O[C@@H](O[C@@H]2C(O)[C@H](O[C@H]3C(CO)O[C@@H](O)C(O)[C@H]3O)OC(CO)[C@@H]2O)C[C@@H](O)[C@H]1O. The van der Waals surface area contributed by atoms with E-state index in [1.165, 1.54) is 0 Å². The summed E-state index contributed by atoms with van der Waals surface area (Å²) in [6, 6.07) is 0. The third-order valence-corrected chi connectivity index (χ3v) is 5.98. The first-order chi connectivity index (χ1) is 15.6. The zero-order valence-corrected chi connectivity index (χ0v) is 17.4. The highest BCUT2D eigenvalue weighted by Gasteiger charge is 2.52. The summed E-state index contributed by atoms with van der Waals surface area (Å²) >= 11 is 0. The first kappa shape index (κ1) is 27.0. The number of aliphatic hydroxyl groups is 10. The van der Waals surface area contributed by atoms with Crippen LogP contribution in [0.15, 0.2) is 0 Å². The molecule has 3 aliphatic rings. The molecule has 14 atom stereocenters. The Morgan fingerprint density at radius 3 is 1.79 bits per heavy atom. The summed E-state index contributed by atoms with van der Waals surface area (Å²) in [7, 11) is 0. The highest BCUT2D eigenvalue weighted by atomic mass is 16.7. The monoisotopic (exact) mass is 488 g/mol. The van der Waals surface area contributed by atoms with E-state index in [4.69, 9.17) is 23.7 Å². The number of rotatable bonds is 7. The minimum Gasteiger partial charge on any atom is -0.394 e. The minimum absolute atomic E-state index is 0.268. The summed E-state index contributed by atoms with van der Waals surface area (Å²) in [5.74, 6) is 0. The highest BCUT2D eigenvalue weighted by Crippen LogP contribution is 2.32. The van der Waals surface area contributed by atoms with Crippen molar-refractivity contribution >= 4 is 0 Å². The number of hydrogen-bond acceptors (Lipinski definition) is 15. The van der Waals surface area contributed by atoms with Gasteiger partial charge in [0.2, 0.25) is 0 Å². The molecule has 3 fully saturated rings. The van der Waals surface area contributed by atoms with Crippen molar-refractivity contribution in [2.75, 3.05) is 19.8 Å². The summed E-state index contributed by atoms with van der Waals surface area (Å²) in [6.45, 7) is -2.12. The van der Waals surface area contributed by atoms with E-state index in [1.54, 1.807) is 0 Å². The summed E-state index contributed by atoms with van der Waals surface area (Å²) < 4.78 is 26.8. The van der Waals surface area contributed by atoms with E-state index in [0.717, 1.165) is 0 Å². The quantitative estimate of drug-likeness (QED) is 0.160. The lowest BCUT2D eigenvalue weighted by atomic mass is 9.96. The third-order valence-electron chi connectivity index (χ3n) is 5.98. The van der Waals surface area contributed by atoms with Crippen LogP contribution in [0.4, 0.5) is 0 Å². The molecule has 10 N–H and O–H groups in total. The van der Waals surface area contributed by atoms with Crippen LogP contribution in [0.5, 0.6) is 0 Å². The molecule has 0 spiro atoms. The molecule has 194 valence electrons. The summed E-state index contributed by atoms with van der Waals surface area (Å²) in [4.78, 5) is 0. The number of ether oxygens (including phenoxy) is 5. The Morgan fingerprint density at radius 1 is 0.576 bits per heavy atom. The predicted molar refractivity (Wildman–Crippen MR) is 99.9 cm³/mol. The molecule has 3 saturated heterocycles. The van der Waals surface area contributed by atoms with Crippen LogP contribution >= 0.6 is 0 Å². The van der Waals surface area contributed by atoms with Crippen LogP contribution in [0.2, 0.25) is 0 Å². The molecule has 0 bridgehead atoms. The molecule has 33 heavy (non-hydrogen) atoms. The number of hydrogen-bond donors (Lipinski definition) is 10. The molecule has 3 rings (SSSR count). The highest BCUT2D eigenvalue weighted by molar-refractivity contribution is 4.95. The molecule has 0 aromatic carbocycles. The molecule has 0 amide bonds. The van der Waals surface area contributed by atoms with Crippen molar-refractivity contribution in [1.82, 2.24) is 0 Å². The molecule has 3 aliphatic heterocycles. The van der Waals surface area contributed by atoms with Crippen molar-refractivity contribution in [2.45, 2.75) is 92.4 Å². The topological polar surface area (TPSA) is 248 Å². The van der Waals surface area contributed by atoms with Crippen molar-refractivity contribution in [3.8, 4) is 0 Å². The smallest absolute Gasteiger partial charge is 0.187 e. The van der Waals surface area contributed by atoms with E-state index >= 15 is 0 Å². The van der Waals surface area contributed by atoms with Crippen molar-refractivity contribution < 1.29 is 74.7 Å². The van der Waals surface area contributed by atoms with Gasteiger partial charge in [-0.3, -0.25) is 0 Å². The standard InChI is InChI=1S/C18H32O15/c19-2-6-10(23)5(22)1-9(29-6)32-16-11(24)7(3-20)31-18(14(16)27)33-15-8(4-21)30-17(28)13(26)12(15)25/h5-28H,1-4H2/t5-,6?,7?,8?,9+,10-,11+,12-,13?,14?,15+,16+,17-,18+/m1/s1. The second-order valence-corrected chi connectivity index (χ2v) is 8.22. The van der Waals surface area contributed by atoms with Crippen molar-refractivity contribution in [1.29, 1.82) is 0 Å². The van der Waals surface area contributed by atoms with Crippen LogP contribution in [0.3, 0.4) is 0 Å². The summed E-state index contributed by atoms with van der Waals surface area (Å²) in [5.41, 5.74) is 0. The first-order valence-corrected chi connectivity index (χ1v) is 10.5. The van der Waals surface area contributed by atoms with Gasteiger partial charge in [-0.1, -0.05) is 0 Å². The Balaban J connectivity index is 1.74. The van der Waals surface area contributed by atoms with Gasteiger partial charge in [0.05, 0.1) is 25.9 Å². The lowest BCUT2D eigenvalue weighted by Gasteiger charge is -2.47. The van der Waals surface area contributed by atoms with Gasteiger partial charge in [0.1, 0.15) is 61.0 Å². The number of aliphatic hydroxyl groups excluding tert-OH is 10. The van der Waals surface area contributed by atoms with Gasteiger partial charge in [-0.25, -0.2) is 0 Å². The van der Waals surface area contributed by atoms with Crippen LogP contribution in [-0.2, 0) is 23.7 Å². The van der Waals surface area contributed by atoms with Gasteiger partial charge in [0.25, 0.3) is 0 Å². The predicted octanol–water partition coefficient (Wildman–Crippen LogP) is -6.54. The van der Waals surface area contributed by atoms with E-state index in [2.05, 4.69) is 0 Å². The Morgan fingerprint density at radius 2 is 1.18 bits per heavy atom. The minimum atomic E-state index is -1.80. The maximum Gasteiger partial charge on any atom is 0.187 e. The van der Waals surface area contributed by atoms with Gasteiger partial charge in [-0.05, 0) is 0 Å². The molecular formula is C18H32O15. The fourth-order valence-electron chi connectivity index (χ4n) is 4.05. The lowest BCUT2D eigenvalue weighted by Crippen LogP contribution is -2.65. The fourth-order valence-corrected chi connectivity index (χ4v) is 4.05. The molecule has 0 radical (unpaired) electrons. The fraction of sp³-hybridized carbons (Fsp3) is 1.00. The van der Waals surface area contributed by atoms with Crippen LogP contribution in [0, 0.1) is 0 Å². The van der Waals surface area contributed by atoms with E-state index in [1.807, 2.05) is 0 Å². The average molecular weight is 488 g/mol. The van der Waals surface area contributed by atoms with Crippen LogP contribution in [0.1, 0.15) is 6.42 Å². The van der Waals surface area contributed by atoms with Crippen molar-refractivity contribution in [3.63, 3.8) is 0 Å². The van der Waals surface area contributed by atoms with E-state index < -0.39 is 106 Å². The Kier molecular flexibility index (Phi) is 9.35. The van der Waals surface area contributed by atoms with Crippen molar-refractivity contribution in [3.05, 3.63) is 0 Å². The van der Waals surface area contributed by atoms with Crippen molar-refractivity contribution in [2.24, 2.45) is 0 Å². The zero-order valence-electron chi connectivity index (χ0n) is 17.4. The summed E-state index contributed by atoms with van der Waals surface area (Å²) in [5, 5.41) is 99.1. The van der Waals surface area contributed by atoms with Gasteiger partial charge in [0, 0.05) is 6.42 Å². The molecule has 15 heteroatoms. The molecule has 0 aliphatic carbocycles. The van der Waals surface area contributed by atoms with Gasteiger partial charge in [0.15, 0.2) is 18.9 Å². The second kappa shape index (κ2) is 11.4. The molecule has 0 aromatic heterocycles. The normalized spacial score (nSPS) is 51.5. The molecule has 0 aromatic rings. The Labute approximate surface area is 187 Å². The Bertz CT molecular complexity index is 609. The van der Waals surface area contributed by atoms with Gasteiger partial charge < -0.3 is 74.7 Å². The third kappa shape index (κ3) is 5.64. The molecule has 0 saturated carbocycles. The summed E-state index contributed by atoms with van der Waals surface area (Å²) in [6.07, 6.45) is -21.6. The largest absolute Gasteiger partial charge is 0.394 e. The van der Waals surface area contributed by atoms with Crippen LogP contribution in [0.25, 0.3) is 0 Å². The maximum atomic E-state index is 10.7. The average Bonchev–Trinajstić information content (AvgIpc) is 2.80. The van der Waals surface area contributed by atoms with Gasteiger partial charge in [-0.15, -0.1) is 0 Å². The van der Waals surface area contributed by atoms with E-state index in [-0.39, 0.29) is 6.42 Å². The van der Waals surface area contributed by atoms with Crippen LogP contribution in [-0.4, -0.2) is 157 Å². The van der Waals surface area contributed by atoms with Gasteiger partial charge >= 0.3 is 0 Å². The van der Waals surface area contributed by atoms with E-state index in [0.29, 0.717) is 0 Å². The zero-order chi connectivity index (χ0) is 24.4. The lowest BCUT2D eigenvalue weighted by molar-refractivity contribution is -0.371. The molecule has 15 nitrogen and oxygen atoms in total.